The van der Waals surface area contributed by atoms with Crippen LogP contribution in [0.15, 0.2) is 24.3 Å². The number of carbonyl (C=O) groups is 1. The zero-order valence-corrected chi connectivity index (χ0v) is 13.0. The Morgan fingerprint density at radius 1 is 1.43 bits per heavy atom. The normalized spacial score (nSPS) is 22.7. The van der Waals surface area contributed by atoms with E-state index in [0.717, 1.165) is 19.6 Å². The number of hydrogen-bond donors (Lipinski definition) is 1. The Kier molecular flexibility index (Phi) is 5.31. The molecule has 1 saturated heterocycles. The van der Waals surface area contributed by atoms with Crippen LogP contribution in [0.4, 0.5) is 4.39 Å². The van der Waals surface area contributed by atoms with Crippen LogP contribution in [-0.2, 0) is 11.2 Å². The molecule has 0 unspecified atom stereocenters. The van der Waals surface area contributed by atoms with Crippen LogP contribution >= 0.6 is 0 Å². The lowest BCUT2D eigenvalue weighted by molar-refractivity contribution is -0.121. The number of halogens is 1. The maximum atomic E-state index is 13.1. The van der Waals surface area contributed by atoms with Gasteiger partial charge in [0.25, 0.3) is 0 Å². The lowest BCUT2D eigenvalue weighted by atomic mass is 10.0. The van der Waals surface area contributed by atoms with Crippen molar-refractivity contribution < 1.29 is 9.18 Å². The quantitative estimate of drug-likeness (QED) is 0.879. The molecular weight excluding hydrogens is 269 g/mol. The first kappa shape index (κ1) is 15.9. The van der Waals surface area contributed by atoms with Crippen LogP contribution in [0.5, 0.6) is 0 Å². The summed E-state index contributed by atoms with van der Waals surface area (Å²) in [5.74, 6) is 0.0949. The summed E-state index contributed by atoms with van der Waals surface area (Å²) in [4.78, 5) is 16.5. The van der Waals surface area contributed by atoms with Crippen molar-refractivity contribution in [2.24, 2.45) is 5.92 Å². The SMILES string of the molecule is CN(C)C[C@@H]1CN(C)C[C@H]1NC(=O)Cc1cccc(F)c1. The molecule has 1 aromatic rings. The molecule has 0 aromatic heterocycles. The minimum absolute atomic E-state index is 0.0374. The summed E-state index contributed by atoms with van der Waals surface area (Å²) in [6.45, 7) is 2.81. The van der Waals surface area contributed by atoms with Gasteiger partial charge in [-0.3, -0.25) is 4.79 Å². The number of nitrogens with zero attached hydrogens (tertiary/aromatic N) is 2. The number of rotatable bonds is 5. The molecule has 21 heavy (non-hydrogen) atoms. The van der Waals surface area contributed by atoms with Gasteiger partial charge in [0.15, 0.2) is 0 Å². The molecule has 0 bridgehead atoms. The van der Waals surface area contributed by atoms with Crippen molar-refractivity contribution in [3.63, 3.8) is 0 Å². The molecule has 0 saturated carbocycles. The van der Waals surface area contributed by atoms with Gasteiger partial charge < -0.3 is 15.1 Å². The Hall–Kier alpha value is -1.46. The number of benzene rings is 1. The van der Waals surface area contributed by atoms with Gasteiger partial charge in [-0.2, -0.15) is 0 Å². The van der Waals surface area contributed by atoms with Gasteiger partial charge in [-0.05, 0) is 38.8 Å². The van der Waals surface area contributed by atoms with E-state index >= 15 is 0 Å². The van der Waals surface area contributed by atoms with Gasteiger partial charge in [-0.1, -0.05) is 12.1 Å². The second-order valence-corrected chi connectivity index (χ2v) is 6.22. The van der Waals surface area contributed by atoms with Gasteiger partial charge >= 0.3 is 0 Å². The molecule has 2 atom stereocenters. The first-order valence-electron chi connectivity index (χ1n) is 7.31. The molecule has 1 aliphatic heterocycles. The fraction of sp³-hybridized carbons (Fsp3) is 0.562. The maximum Gasteiger partial charge on any atom is 0.224 e. The third kappa shape index (κ3) is 4.79. The second kappa shape index (κ2) is 7.00. The third-order valence-corrected chi connectivity index (χ3v) is 3.82. The Morgan fingerprint density at radius 3 is 2.86 bits per heavy atom. The Bertz CT molecular complexity index is 492. The molecule has 116 valence electrons. The summed E-state index contributed by atoms with van der Waals surface area (Å²) >= 11 is 0. The van der Waals surface area contributed by atoms with Gasteiger partial charge in [0.05, 0.1) is 6.42 Å². The number of hydrogen-bond acceptors (Lipinski definition) is 3. The monoisotopic (exact) mass is 293 g/mol. The summed E-state index contributed by atoms with van der Waals surface area (Å²) < 4.78 is 13.1. The van der Waals surface area contributed by atoms with Crippen molar-refractivity contribution in [3.8, 4) is 0 Å². The Balaban J connectivity index is 1.91. The Labute approximate surface area is 125 Å². The minimum atomic E-state index is -0.300. The fourth-order valence-corrected chi connectivity index (χ4v) is 2.99. The van der Waals surface area contributed by atoms with Crippen LogP contribution in [0.2, 0.25) is 0 Å². The van der Waals surface area contributed by atoms with Crippen LogP contribution in [0.25, 0.3) is 0 Å². The van der Waals surface area contributed by atoms with Crippen LogP contribution in [0.1, 0.15) is 5.56 Å². The lowest BCUT2D eigenvalue weighted by Gasteiger charge is -2.23. The van der Waals surface area contributed by atoms with Crippen molar-refractivity contribution in [1.29, 1.82) is 0 Å². The second-order valence-electron chi connectivity index (χ2n) is 6.22. The highest BCUT2D eigenvalue weighted by Gasteiger charge is 2.32. The highest BCUT2D eigenvalue weighted by atomic mass is 19.1. The molecule has 1 N–H and O–H groups in total. The van der Waals surface area contributed by atoms with Crippen LogP contribution in [0.3, 0.4) is 0 Å². The zero-order valence-electron chi connectivity index (χ0n) is 13.0. The molecule has 1 fully saturated rings. The third-order valence-electron chi connectivity index (χ3n) is 3.82. The Morgan fingerprint density at radius 2 is 2.19 bits per heavy atom. The molecule has 4 nitrogen and oxygen atoms in total. The van der Waals surface area contributed by atoms with E-state index < -0.39 is 0 Å². The standard InChI is InChI=1S/C16H24FN3O/c1-19(2)9-13-10-20(3)11-15(13)18-16(21)8-12-5-4-6-14(17)7-12/h4-7,13,15H,8-11H2,1-3H3,(H,18,21)/t13-,15-/m1/s1. The fourth-order valence-electron chi connectivity index (χ4n) is 2.99. The van der Waals surface area contributed by atoms with Gasteiger partial charge in [0.1, 0.15) is 5.82 Å². The predicted octanol–water partition coefficient (Wildman–Crippen LogP) is 0.976. The summed E-state index contributed by atoms with van der Waals surface area (Å²) in [5.41, 5.74) is 0.711. The smallest absolute Gasteiger partial charge is 0.224 e. The van der Waals surface area contributed by atoms with Crippen LogP contribution in [-0.4, -0.2) is 62.5 Å². The molecule has 0 radical (unpaired) electrons. The average molecular weight is 293 g/mol. The predicted molar refractivity (Wildman–Crippen MR) is 81.6 cm³/mol. The highest BCUT2D eigenvalue weighted by Crippen LogP contribution is 2.16. The maximum absolute atomic E-state index is 13.1. The first-order chi connectivity index (χ1) is 9.94. The van der Waals surface area contributed by atoms with E-state index in [1.807, 2.05) is 14.1 Å². The number of amides is 1. The van der Waals surface area contributed by atoms with Crippen LogP contribution in [0, 0.1) is 11.7 Å². The molecule has 0 spiro atoms. The van der Waals surface area contributed by atoms with Crippen LogP contribution < -0.4 is 5.32 Å². The van der Waals surface area contributed by atoms with Gasteiger partial charge in [0.2, 0.25) is 5.91 Å². The van der Waals surface area contributed by atoms with E-state index in [1.165, 1.54) is 12.1 Å². The van der Waals surface area contributed by atoms with Crippen molar-refractivity contribution in [3.05, 3.63) is 35.6 Å². The summed E-state index contributed by atoms with van der Waals surface area (Å²) in [6.07, 6.45) is 0.229. The number of nitrogens with one attached hydrogen (secondary N) is 1. The van der Waals surface area contributed by atoms with Gasteiger partial charge in [0, 0.05) is 31.6 Å². The minimum Gasteiger partial charge on any atom is -0.351 e. The van der Waals surface area contributed by atoms with E-state index in [0.29, 0.717) is 11.5 Å². The summed E-state index contributed by atoms with van der Waals surface area (Å²) in [6, 6.07) is 6.38. The largest absolute Gasteiger partial charge is 0.351 e. The van der Waals surface area contributed by atoms with Crippen molar-refractivity contribution in [1.82, 2.24) is 15.1 Å². The van der Waals surface area contributed by atoms with Crippen molar-refractivity contribution >= 4 is 5.91 Å². The van der Waals surface area contributed by atoms with Crippen molar-refractivity contribution in [2.75, 3.05) is 40.8 Å². The molecule has 0 aliphatic carbocycles. The van der Waals surface area contributed by atoms with E-state index in [2.05, 4.69) is 22.2 Å². The molecule has 1 heterocycles. The molecule has 2 rings (SSSR count). The van der Waals surface area contributed by atoms with Gasteiger partial charge in [-0.25, -0.2) is 4.39 Å². The highest BCUT2D eigenvalue weighted by molar-refractivity contribution is 5.79. The summed E-state index contributed by atoms with van der Waals surface area (Å²) in [5, 5.41) is 3.10. The van der Waals surface area contributed by atoms with E-state index in [9.17, 15) is 9.18 Å². The van der Waals surface area contributed by atoms with E-state index in [4.69, 9.17) is 0 Å². The van der Waals surface area contributed by atoms with E-state index in [1.54, 1.807) is 12.1 Å². The first-order valence-corrected chi connectivity index (χ1v) is 7.31. The topological polar surface area (TPSA) is 35.6 Å². The summed E-state index contributed by atoms with van der Waals surface area (Å²) in [7, 11) is 6.16. The number of carbonyl (C=O) groups excluding carboxylic acids is 1. The van der Waals surface area contributed by atoms with Crippen molar-refractivity contribution in [2.45, 2.75) is 12.5 Å². The number of likely N-dealkylation sites (tertiary alicyclic amines) is 1. The van der Waals surface area contributed by atoms with Gasteiger partial charge in [-0.15, -0.1) is 0 Å². The number of likely N-dealkylation sites (N-methyl/N-ethyl adjacent to an activating group) is 1. The molecule has 1 aromatic carbocycles. The molecular formula is C16H24FN3O. The molecule has 1 aliphatic rings. The lowest BCUT2D eigenvalue weighted by Crippen LogP contribution is -2.43. The average Bonchev–Trinajstić information content (AvgIpc) is 2.68. The molecule has 1 amide bonds. The zero-order chi connectivity index (χ0) is 15.4. The van der Waals surface area contributed by atoms with E-state index in [-0.39, 0.29) is 24.2 Å². The molecule has 5 heteroatoms.